The summed E-state index contributed by atoms with van der Waals surface area (Å²) in [4.78, 5) is 27.3. The van der Waals surface area contributed by atoms with Crippen molar-refractivity contribution in [2.75, 3.05) is 20.3 Å². The summed E-state index contributed by atoms with van der Waals surface area (Å²) >= 11 is 0. The van der Waals surface area contributed by atoms with Crippen LogP contribution in [0.1, 0.15) is 17.2 Å². The summed E-state index contributed by atoms with van der Waals surface area (Å²) in [7, 11) is 1.53. The maximum absolute atomic E-state index is 13.0. The Morgan fingerprint density at radius 2 is 1.56 bits per heavy atom. The minimum Gasteiger partial charge on any atom is -0.507 e. The Morgan fingerprint density at radius 1 is 0.906 bits per heavy atom. The summed E-state index contributed by atoms with van der Waals surface area (Å²) in [5.74, 6) is -0.364. The number of rotatable bonds is 7. The van der Waals surface area contributed by atoms with Crippen molar-refractivity contribution in [3.8, 4) is 11.5 Å². The number of Topliss-reactive ketones (excluding diaryl/α,β-unsaturated/α-hetero) is 1. The Morgan fingerprint density at radius 3 is 2.25 bits per heavy atom. The van der Waals surface area contributed by atoms with Crippen molar-refractivity contribution in [3.63, 3.8) is 0 Å². The van der Waals surface area contributed by atoms with Gasteiger partial charge in [0.1, 0.15) is 17.3 Å². The standard InChI is InChI=1S/C26H23NO5/c1-31-16-15-27-23(19-11-8-14-21(17-19)32-20-12-6-3-7-13-20)22(25(29)26(27)30)24(28)18-9-4-2-5-10-18/h2-14,17,23,28H,15-16H2,1H3/b24-22+/t23-/m0/s1. The number of nitrogens with zero attached hydrogens (tertiary/aromatic N) is 1. The van der Waals surface area contributed by atoms with Gasteiger partial charge < -0.3 is 19.5 Å². The molecular formula is C26H23NO5. The molecule has 162 valence electrons. The van der Waals surface area contributed by atoms with Crippen LogP contribution in [0.4, 0.5) is 0 Å². The number of carbonyl (C=O) groups excluding carboxylic acids is 2. The van der Waals surface area contributed by atoms with Crippen molar-refractivity contribution in [1.29, 1.82) is 0 Å². The lowest BCUT2D eigenvalue weighted by atomic mass is 9.95. The third kappa shape index (κ3) is 4.26. The van der Waals surface area contributed by atoms with Crippen LogP contribution in [0.2, 0.25) is 0 Å². The Hall–Kier alpha value is -3.90. The Labute approximate surface area is 186 Å². The zero-order chi connectivity index (χ0) is 22.5. The van der Waals surface area contributed by atoms with Crippen molar-refractivity contribution in [3.05, 3.63) is 102 Å². The minimum atomic E-state index is -0.760. The molecule has 6 nitrogen and oxygen atoms in total. The van der Waals surface area contributed by atoms with Crippen LogP contribution < -0.4 is 4.74 Å². The number of ketones is 1. The Bertz CT molecular complexity index is 1140. The van der Waals surface area contributed by atoms with E-state index in [1.54, 1.807) is 42.5 Å². The van der Waals surface area contributed by atoms with Crippen LogP contribution in [0.3, 0.4) is 0 Å². The van der Waals surface area contributed by atoms with Crippen LogP contribution in [-0.4, -0.2) is 42.0 Å². The molecule has 0 bridgehead atoms. The number of carbonyl (C=O) groups is 2. The maximum atomic E-state index is 13.0. The molecule has 0 unspecified atom stereocenters. The van der Waals surface area contributed by atoms with Gasteiger partial charge in [-0.15, -0.1) is 0 Å². The quantitative estimate of drug-likeness (QED) is 0.339. The molecule has 6 heteroatoms. The second-order valence-electron chi connectivity index (χ2n) is 7.34. The molecule has 1 N–H and O–H groups in total. The molecule has 0 saturated carbocycles. The Kier molecular flexibility index (Phi) is 6.33. The van der Waals surface area contributed by atoms with Crippen LogP contribution in [0.5, 0.6) is 11.5 Å². The van der Waals surface area contributed by atoms with Crippen LogP contribution in [0, 0.1) is 0 Å². The highest BCUT2D eigenvalue weighted by Crippen LogP contribution is 2.40. The first kappa shape index (κ1) is 21.3. The van der Waals surface area contributed by atoms with Gasteiger partial charge in [-0.2, -0.15) is 0 Å². The average molecular weight is 429 g/mol. The molecule has 1 aliphatic rings. The van der Waals surface area contributed by atoms with Crippen LogP contribution in [-0.2, 0) is 14.3 Å². The lowest BCUT2D eigenvalue weighted by molar-refractivity contribution is -0.140. The van der Waals surface area contributed by atoms with E-state index in [4.69, 9.17) is 9.47 Å². The highest BCUT2D eigenvalue weighted by atomic mass is 16.5. The third-order valence-electron chi connectivity index (χ3n) is 5.28. The molecule has 0 aliphatic carbocycles. The number of amides is 1. The highest BCUT2D eigenvalue weighted by Gasteiger charge is 2.45. The highest BCUT2D eigenvalue weighted by molar-refractivity contribution is 6.46. The lowest BCUT2D eigenvalue weighted by Gasteiger charge is -2.25. The summed E-state index contributed by atoms with van der Waals surface area (Å²) in [5, 5.41) is 11.0. The van der Waals surface area contributed by atoms with Crippen LogP contribution >= 0.6 is 0 Å². The van der Waals surface area contributed by atoms with Crippen LogP contribution in [0.25, 0.3) is 5.76 Å². The van der Waals surface area contributed by atoms with E-state index in [1.165, 1.54) is 12.0 Å². The normalized spacial score (nSPS) is 17.5. The monoisotopic (exact) mass is 429 g/mol. The molecule has 0 aromatic heterocycles. The summed E-state index contributed by atoms with van der Waals surface area (Å²) in [6, 6.07) is 24.5. The molecule has 3 aromatic carbocycles. The van der Waals surface area contributed by atoms with Crippen molar-refractivity contribution in [2.24, 2.45) is 0 Å². The topological polar surface area (TPSA) is 76.1 Å². The van der Waals surface area contributed by atoms with E-state index >= 15 is 0 Å². The van der Waals surface area contributed by atoms with Crippen molar-refractivity contribution in [2.45, 2.75) is 6.04 Å². The fourth-order valence-corrected chi connectivity index (χ4v) is 3.77. The summed E-state index contributed by atoms with van der Waals surface area (Å²) in [5.41, 5.74) is 1.18. The van der Waals surface area contributed by atoms with E-state index in [-0.39, 0.29) is 24.5 Å². The van der Waals surface area contributed by atoms with Gasteiger partial charge in [-0.3, -0.25) is 9.59 Å². The first-order valence-electron chi connectivity index (χ1n) is 10.3. The second-order valence-corrected chi connectivity index (χ2v) is 7.34. The number of ether oxygens (including phenoxy) is 2. The van der Waals surface area contributed by atoms with Gasteiger partial charge in [0.25, 0.3) is 11.7 Å². The molecule has 1 atom stereocenters. The second kappa shape index (κ2) is 9.49. The molecule has 3 aromatic rings. The minimum absolute atomic E-state index is 0.0502. The summed E-state index contributed by atoms with van der Waals surface area (Å²) in [6.07, 6.45) is 0. The van der Waals surface area contributed by atoms with E-state index in [0.717, 1.165) is 0 Å². The maximum Gasteiger partial charge on any atom is 0.295 e. The molecular weight excluding hydrogens is 406 g/mol. The van der Waals surface area contributed by atoms with Gasteiger partial charge >= 0.3 is 0 Å². The van der Waals surface area contributed by atoms with Gasteiger partial charge in [0.2, 0.25) is 0 Å². The number of likely N-dealkylation sites (tertiary alicyclic amines) is 1. The molecule has 0 spiro atoms. The fourth-order valence-electron chi connectivity index (χ4n) is 3.77. The molecule has 1 fully saturated rings. The largest absolute Gasteiger partial charge is 0.507 e. The van der Waals surface area contributed by atoms with Crippen molar-refractivity contribution >= 4 is 17.4 Å². The van der Waals surface area contributed by atoms with Gasteiger partial charge in [-0.1, -0.05) is 60.7 Å². The molecule has 1 aliphatic heterocycles. The predicted octanol–water partition coefficient (Wildman–Crippen LogP) is 4.55. The summed E-state index contributed by atoms with van der Waals surface area (Å²) in [6.45, 7) is 0.468. The molecule has 0 radical (unpaired) electrons. The van der Waals surface area contributed by atoms with Gasteiger partial charge in [-0.05, 0) is 29.8 Å². The van der Waals surface area contributed by atoms with E-state index in [0.29, 0.717) is 22.6 Å². The fraction of sp³-hybridized carbons (Fsp3) is 0.154. The smallest absolute Gasteiger partial charge is 0.295 e. The summed E-state index contributed by atoms with van der Waals surface area (Å²) < 4.78 is 11.1. The van der Waals surface area contributed by atoms with Gasteiger partial charge in [0, 0.05) is 19.2 Å². The third-order valence-corrected chi connectivity index (χ3v) is 5.28. The zero-order valence-electron chi connectivity index (χ0n) is 17.6. The molecule has 4 rings (SSSR count). The predicted molar refractivity (Wildman–Crippen MR) is 120 cm³/mol. The zero-order valence-corrected chi connectivity index (χ0v) is 17.6. The number of hydrogen-bond acceptors (Lipinski definition) is 5. The number of benzene rings is 3. The van der Waals surface area contributed by atoms with Gasteiger partial charge in [0.15, 0.2) is 0 Å². The SMILES string of the molecule is COCCN1C(=O)C(=O)/C(=C(/O)c2ccccc2)[C@@H]1c1cccc(Oc2ccccc2)c1. The van der Waals surface area contributed by atoms with Crippen molar-refractivity contribution < 1.29 is 24.2 Å². The average Bonchev–Trinajstić information content (AvgIpc) is 3.08. The first-order chi connectivity index (χ1) is 15.6. The molecule has 1 heterocycles. The number of hydrogen-bond donors (Lipinski definition) is 1. The van der Waals surface area contributed by atoms with E-state index in [9.17, 15) is 14.7 Å². The molecule has 1 amide bonds. The first-order valence-corrected chi connectivity index (χ1v) is 10.3. The van der Waals surface area contributed by atoms with Crippen molar-refractivity contribution in [1.82, 2.24) is 4.90 Å². The molecule has 32 heavy (non-hydrogen) atoms. The number of methoxy groups -OCH3 is 1. The number of aliphatic hydroxyl groups excluding tert-OH is 1. The lowest BCUT2D eigenvalue weighted by Crippen LogP contribution is -2.32. The Balaban J connectivity index is 1.79. The van der Waals surface area contributed by atoms with Crippen LogP contribution in [0.15, 0.2) is 90.5 Å². The van der Waals surface area contributed by atoms with Gasteiger partial charge in [0.05, 0.1) is 18.2 Å². The van der Waals surface area contributed by atoms with Gasteiger partial charge in [-0.25, -0.2) is 0 Å². The molecule has 1 saturated heterocycles. The van der Waals surface area contributed by atoms with E-state index < -0.39 is 17.7 Å². The van der Waals surface area contributed by atoms with E-state index in [1.807, 2.05) is 42.5 Å². The van der Waals surface area contributed by atoms with E-state index in [2.05, 4.69) is 0 Å². The number of aliphatic hydroxyl groups is 1. The number of para-hydroxylation sites is 1.